The molecule has 0 radical (unpaired) electrons. The summed E-state index contributed by atoms with van der Waals surface area (Å²) in [7, 11) is 3.64. The molecule has 1 N–H and O–H groups in total. The lowest BCUT2D eigenvalue weighted by Gasteiger charge is -2.03. The van der Waals surface area contributed by atoms with Crippen LogP contribution in [0.4, 0.5) is 5.69 Å². The number of ether oxygens (including phenoxy) is 1. The number of nitrogens with zero attached hydrogens (tertiary/aromatic N) is 2. The molecular weight excluding hydrogens is 166 g/mol. The van der Waals surface area contributed by atoms with Crippen LogP contribution in [0.5, 0.6) is 0 Å². The van der Waals surface area contributed by atoms with Gasteiger partial charge in [0.2, 0.25) is 0 Å². The first-order valence-corrected chi connectivity index (χ1v) is 4.47. The molecule has 0 spiro atoms. The van der Waals surface area contributed by atoms with Crippen LogP contribution < -0.4 is 5.32 Å². The highest BCUT2D eigenvalue weighted by Crippen LogP contribution is 2.10. The first-order valence-electron chi connectivity index (χ1n) is 4.47. The second-order valence-electron chi connectivity index (χ2n) is 3.07. The Morgan fingerprint density at radius 1 is 1.62 bits per heavy atom. The van der Waals surface area contributed by atoms with Gasteiger partial charge in [-0.15, -0.1) is 0 Å². The number of hydrogen-bond acceptors (Lipinski definition) is 3. The lowest BCUT2D eigenvalue weighted by molar-refractivity contribution is 0.198. The van der Waals surface area contributed by atoms with E-state index in [-0.39, 0.29) is 0 Å². The van der Waals surface area contributed by atoms with Gasteiger partial charge in [-0.3, -0.25) is 4.68 Å². The average Bonchev–Trinajstić information content (AvgIpc) is 2.39. The van der Waals surface area contributed by atoms with Gasteiger partial charge in [0.15, 0.2) is 0 Å². The molecule has 0 aliphatic carbocycles. The van der Waals surface area contributed by atoms with Crippen LogP contribution in [0, 0.1) is 6.92 Å². The maximum Gasteiger partial charge on any atom is 0.0824 e. The van der Waals surface area contributed by atoms with E-state index in [0.717, 1.165) is 31.0 Å². The second-order valence-corrected chi connectivity index (χ2v) is 3.07. The average molecular weight is 183 g/mol. The van der Waals surface area contributed by atoms with Crippen molar-refractivity contribution in [2.45, 2.75) is 13.3 Å². The molecule has 1 heterocycles. The van der Waals surface area contributed by atoms with Gasteiger partial charge >= 0.3 is 0 Å². The van der Waals surface area contributed by atoms with E-state index >= 15 is 0 Å². The molecule has 74 valence electrons. The number of aromatic nitrogens is 2. The Labute approximate surface area is 78.9 Å². The van der Waals surface area contributed by atoms with E-state index in [1.807, 2.05) is 24.9 Å². The molecule has 0 aliphatic rings. The van der Waals surface area contributed by atoms with Crippen LogP contribution in [0.3, 0.4) is 0 Å². The molecule has 0 aromatic carbocycles. The van der Waals surface area contributed by atoms with Crippen LogP contribution in [-0.2, 0) is 11.8 Å². The van der Waals surface area contributed by atoms with Gasteiger partial charge in [0.25, 0.3) is 0 Å². The van der Waals surface area contributed by atoms with Crippen molar-refractivity contribution in [1.29, 1.82) is 0 Å². The molecule has 0 bridgehead atoms. The molecule has 1 aromatic heterocycles. The van der Waals surface area contributed by atoms with Crippen molar-refractivity contribution in [3.8, 4) is 0 Å². The first kappa shape index (κ1) is 10.1. The summed E-state index contributed by atoms with van der Waals surface area (Å²) in [5.41, 5.74) is 2.15. The molecule has 0 saturated heterocycles. The summed E-state index contributed by atoms with van der Waals surface area (Å²) in [6.45, 7) is 3.73. The third kappa shape index (κ3) is 3.06. The highest BCUT2D eigenvalue weighted by atomic mass is 16.5. The van der Waals surface area contributed by atoms with Gasteiger partial charge in [0.1, 0.15) is 0 Å². The normalized spacial score (nSPS) is 10.4. The van der Waals surface area contributed by atoms with Crippen molar-refractivity contribution >= 4 is 5.69 Å². The van der Waals surface area contributed by atoms with Gasteiger partial charge < -0.3 is 10.1 Å². The molecule has 4 heteroatoms. The largest absolute Gasteiger partial charge is 0.385 e. The van der Waals surface area contributed by atoms with E-state index in [4.69, 9.17) is 4.74 Å². The summed E-state index contributed by atoms with van der Waals surface area (Å²) in [6, 6.07) is 0. The fraction of sp³-hybridized carbons (Fsp3) is 0.667. The quantitative estimate of drug-likeness (QED) is 0.697. The number of methoxy groups -OCH3 is 1. The Morgan fingerprint density at radius 2 is 2.38 bits per heavy atom. The molecule has 0 unspecified atom stereocenters. The van der Waals surface area contributed by atoms with Crippen molar-refractivity contribution < 1.29 is 4.74 Å². The first-order chi connectivity index (χ1) is 6.24. The van der Waals surface area contributed by atoms with Crippen LogP contribution in [-0.4, -0.2) is 30.0 Å². The molecule has 0 saturated carbocycles. The molecule has 1 aromatic rings. The van der Waals surface area contributed by atoms with E-state index in [9.17, 15) is 0 Å². The zero-order chi connectivity index (χ0) is 9.68. The van der Waals surface area contributed by atoms with Crippen molar-refractivity contribution in [2.75, 3.05) is 25.6 Å². The van der Waals surface area contributed by atoms with Gasteiger partial charge in [0.05, 0.1) is 11.4 Å². The lowest BCUT2D eigenvalue weighted by Crippen LogP contribution is -2.04. The van der Waals surface area contributed by atoms with Crippen molar-refractivity contribution in [2.24, 2.45) is 7.05 Å². The zero-order valence-electron chi connectivity index (χ0n) is 8.50. The Bertz CT molecular complexity index is 257. The number of rotatable bonds is 5. The second kappa shape index (κ2) is 4.87. The number of aryl methyl sites for hydroxylation is 2. The maximum atomic E-state index is 4.95. The summed E-state index contributed by atoms with van der Waals surface area (Å²) in [5.74, 6) is 0. The van der Waals surface area contributed by atoms with Crippen LogP contribution in [0.25, 0.3) is 0 Å². The van der Waals surface area contributed by atoms with E-state index < -0.39 is 0 Å². The molecule has 1 rings (SSSR count). The maximum absolute atomic E-state index is 4.95. The van der Waals surface area contributed by atoms with Crippen molar-refractivity contribution in [1.82, 2.24) is 9.78 Å². The molecular formula is C9H17N3O. The summed E-state index contributed by atoms with van der Waals surface area (Å²) in [5, 5.41) is 7.54. The number of hydrogen-bond donors (Lipinski definition) is 1. The van der Waals surface area contributed by atoms with E-state index in [2.05, 4.69) is 10.4 Å². The summed E-state index contributed by atoms with van der Waals surface area (Å²) >= 11 is 0. The minimum Gasteiger partial charge on any atom is -0.385 e. The SMILES string of the molecule is COCCCNc1cn(C)nc1C. The standard InChI is InChI=1S/C9H17N3O/c1-8-9(7-12(2)11-8)10-5-4-6-13-3/h7,10H,4-6H2,1-3H3. The fourth-order valence-electron chi connectivity index (χ4n) is 1.21. The molecule has 4 nitrogen and oxygen atoms in total. The van der Waals surface area contributed by atoms with E-state index in [0.29, 0.717) is 0 Å². The monoisotopic (exact) mass is 183 g/mol. The predicted molar refractivity (Wildman–Crippen MR) is 52.9 cm³/mol. The molecule has 0 fully saturated rings. The molecule has 0 atom stereocenters. The predicted octanol–water partition coefficient (Wildman–Crippen LogP) is 1.18. The summed E-state index contributed by atoms with van der Waals surface area (Å²) < 4.78 is 6.77. The third-order valence-electron chi connectivity index (χ3n) is 1.85. The van der Waals surface area contributed by atoms with Gasteiger partial charge in [0, 0.05) is 33.5 Å². The van der Waals surface area contributed by atoms with E-state index in [1.54, 1.807) is 7.11 Å². The van der Waals surface area contributed by atoms with Gasteiger partial charge in [-0.1, -0.05) is 0 Å². The third-order valence-corrected chi connectivity index (χ3v) is 1.85. The Kier molecular flexibility index (Phi) is 3.76. The van der Waals surface area contributed by atoms with Gasteiger partial charge in [-0.05, 0) is 13.3 Å². The Morgan fingerprint density at radius 3 is 2.92 bits per heavy atom. The van der Waals surface area contributed by atoms with Crippen LogP contribution in [0.2, 0.25) is 0 Å². The van der Waals surface area contributed by atoms with Crippen LogP contribution >= 0.6 is 0 Å². The van der Waals surface area contributed by atoms with Crippen LogP contribution in [0.1, 0.15) is 12.1 Å². The van der Waals surface area contributed by atoms with Gasteiger partial charge in [-0.2, -0.15) is 5.10 Å². The smallest absolute Gasteiger partial charge is 0.0824 e. The Balaban J connectivity index is 2.32. The van der Waals surface area contributed by atoms with E-state index in [1.165, 1.54) is 0 Å². The highest BCUT2D eigenvalue weighted by Gasteiger charge is 2.00. The summed E-state index contributed by atoms with van der Waals surface area (Å²) in [4.78, 5) is 0. The van der Waals surface area contributed by atoms with Crippen LogP contribution in [0.15, 0.2) is 6.20 Å². The fourth-order valence-corrected chi connectivity index (χ4v) is 1.21. The van der Waals surface area contributed by atoms with Crippen molar-refractivity contribution in [3.63, 3.8) is 0 Å². The van der Waals surface area contributed by atoms with Gasteiger partial charge in [-0.25, -0.2) is 0 Å². The minimum atomic E-state index is 0.798. The molecule has 0 aliphatic heterocycles. The number of anilines is 1. The molecule has 0 amide bonds. The minimum absolute atomic E-state index is 0.798. The highest BCUT2D eigenvalue weighted by molar-refractivity contribution is 5.45. The number of nitrogens with one attached hydrogen (secondary N) is 1. The zero-order valence-corrected chi connectivity index (χ0v) is 8.50. The molecule has 13 heavy (non-hydrogen) atoms. The van der Waals surface area contributed by atoms with Crippen molar-refractivity contribution in [3.05, 3.63) is 11.9 Å². The summed E-state index contributed by atoms with van der Waals surface area (Å²) in [6.07, 6.45) is 3.01. The Hall–Kier alpha value is -1.03. The topological polar surface area (TPSA) is 39.1 Å². The lowest BCUT2D eigenvalue weighted by atomic mass is 10.4.